The van der Waals surface area contributed by atoms with Crippen LogP contribution in [0.2, 0.25) is 0 Å². The van der Waals surface area contributed by atoms with Crippen molar-refractivity contribution in [3.05, 3.63) is 0 Å². The zero-order chi connectivity index (χ0) is 7.14. The predicted octanol–water partition coefficient (Wildman–Crippen LogP) is 1.80. The molecule has 0 amide bonds. The van der Waals surface area contributed by atoms with Crippen molar-refractivity contribution in [3.8, 4) is 0 Å². The highest BCUT2D eigenvalue weighted by atomic mass is 16.3. The highest BCUT2D eigenvalue weighted by Crippen LogP contribution is 2.44. The van der Waals surface area contributed by atoms with E-state index >= 15 is 0 Å². The number of hydrogen-bond donors (Lipinski definition) is 1. The van der Waals surface area contributed by atoms with E-state index in [1.54, 1.807) is 0 Å². The highest BCUT2D eigenvalue weighted by Gasteiger charge is 2.38. The summed E-state index contributed by atoms with van der Waals surface area (Å²) in [6, 6.07) is 0. The van der Waals surface area contributed by atoms with Crippen molar-refractivity contribution < 1.29 is 5.11 Å². The van der Waals surface area contributed by atoms with Crippen LogP contribution in [0.25, 0.3) is 0 Å². The van der Waals surface area contributed by atoms with Gasteiger partial charge in [0, 0.05) is 0 Å². The minimum absolute atomic E-state index is 0.0509. The zero-order valence-corrected chi connectivity index (χ0v) is 6.59. The molecule has 58 valence electrons. The molecule has 3 saturated carbocycles. The number of aliphatic hydroxyl groups is 1. The van der Waals surface area contributed by atoms with Crippen LogP contribution in [0.5, 0.6) is 0 Å². The number of hydrogen-bond acceptors (Lipinski definition) is 1. The molecular weight excluding hydrogens is 124 g/mol. The van der Waals surface area contributed by atoms with Crippen LogP contribution in [-0.2, 0) is 0 Å². The predicted molar refractivity (Wildman–Crippen MR) is 40.6 cm³/mol. The van der Waals surface area contributed by atoms with Gasteiger partial charge in [-0.25, -0.2) is 0 Å². The van der Waals surface area contributed by atoms with Crippen LogP contribution in [0.3, 0.4) is 0 Å². The summed E-state index contributed by atoms with van der Waals surface area (Å²) in [6.45, 7) is 2.34. The Morgan fingerprint density at radius 2 is 1.80 bits per heavy atom. The largest absolute Gasteiger partial charge is 0.393 e. The molecule has 4 atom stereocenters. The average Bonchev–Trinajstić information content (AvgIpc) is 1.91. The fourth-order valence-electron chi connectivity index (χ4n) is 2.70. The Labute approximate surface area is 62.4 Å². The molecule has 0 radical (unpaired) electrons. The Morgan fingerprint density at radius 1 is 1.10 bits per heavy atom. The third-order valence-electron chi connectivity index (χ3n) is 3.48. The van der Waals surface area contributed by atoms with Crippen molar-refractivity contribution >= 4 is 0 Å². The molecule has 1 nitrogen and oxygen atoms in total. The second kappa shape index (κ2) is 2.23. The first kappa shape index (κ1) is 6.66. The molecule has 4 unspecified atom stereocenters. The van der Waals surface area contributed by atoms with Crippen LogP contribution in [0.15, 0.2) is 0 Å². The monoisotopic (exact) mass is 140 g/mol. The Kier molecular flexibility index (Phi) is 1.48. The summed E-state index contributed by atoms with van der Waals surface area (Å²) >= 11 is 0. The maximum Gasteiger partial charge on any atom is 0.0571 e. The summed E-state index contributed by atoms with van der Waals surface area (Å²) in [5, 5.41) is 9.52. The highest BCUT2D eigenvalue weighted by molar-refractivity contribution is 4.89. The molecule has 0 spiro atoms. The summed E-state index contributed by atoms with van der Waals surface area (Å²) in [5.74, 6) is 2.39. The van der Waals surface area contributed by atoms with Crippen molar-refractivity contribution in [2.24, 2.45) is 17.8 Å². The molecule has 1 heteroatoms. The summed E-state index contributed by atoms with van der Waals surface area (Å²) in [4.78, 5) is 0. The molecule has 0 heterocycles. The molecule has 10 heavy (non-hydrogen) atoms. The quantitative estimate of drug-likeness (QED) is 0.544. The molecular formula is C9H16O. The van der Waals surface area contributed by atoms with Crippen LogP contribution in [0.1, 0.15) is 32.6 Å². The van der Waals surface area contributed by atoms with Crippen LogP contribution in [-0.4, -0.2) is 11.2 Å². The summed E-state index contributed by atoms with van der Waals surface area (Å²) in [5.41, 5.74) is 0. The van der Waals surface area contributed by atoms with Crippen molar-refractivity contribution in [2.75, 3.05) is 0 Å². The Bertz CT molecular complexity index is 117. The van der Waals surface area contributed by atoms with E-state index in [9.17, 15) is 5.11 Å². The van der Waals surface area contributed by atoms with Gasteiger partial charge in [-0.05, 0) is 43.4 Å². The maximum atomic E-state index is 9.52. The first-order valence-electron chi connectivity index (χ1n) is 4.45. The van der Waals surface area contributed by atoms with Crippen LogP contribution in [0, 0.1) is 17.8 Å². The van der Waals surface area contributed by atoms with Crippen LogP contribution < -0.4 is 0 Å². The van der Waals surface area contributed by atoms with E-state index in [4.69, 9.17) is 0 Å². The lowest BCUT2D eigenvalue weighted by Gasteiger charge is -2.44. The van der Waals surface area contributed by atoms with Gasteiger partial charge >= 0.3 is 0 Å². The Hall–Kier alpha value is -0.0400. The molecule has 3 fully saturated rings. The maximum absolute atomic E-state index is 9.52. The minimum atomic E-state index is 0.0509. The molecule has 0 aromatic rings. The van der Waals surface area contributed by atoms with E-state index in [1.807, 2.05) is 0 Å². The van der Waals surface area contributed by atoms with Crippen molar-refractivity contribution in [2.45, 2.75) is 38.7 Å². The lowest BCUT2D eigenvalue weighted by atomic mass is 9.64. The van der Waals surface area contributed by atoms with Crippen LogP contribution in [0.4, 0.5) is 0 Å². The molecule has 0 aromatic carbocycles. The molecule has 1 N–H and O–H groups in total. The van der Waals surface area contributed by atoms with Gasteiger partial charge < -0.3 is 5.11 Å². The van der Waals surface area contributed by atoms with Crippen molar-refractivity contribution in [3.63, 3.8) is 0 Å². The van der Waals surface area contributed by atoms with Crippen molar-refractivity contribution in [1.82, 2.24) is 0 Å². The fraction of sp³-hybridized carbons (Fsp3) is 1.00. The second-order valence-corrected chi connectivity index (χ2v) is 4.11. The van der Waals surface area contributed by atoms with E-state index in [1.165, 1.54) is 19.3 Å². The minimum Gasteiger partial charge on any atom is -0.393 e. The topological polar surface area (TPSA) is 20.2 Å². The lowest BCUT2D eigenvalue weighted by molar-refractivity contribution is -0.0254. The summed E-state index contributed by atoms with van der Waals surface area (Å²) in [6.07, 6.45) is 5.09. The third kappa shape index (κ3) is 0.878. The molecule has 3 rings (SSSR count). The van der Waals surface area contributed by atoms with Gasteiger partial charge in [-0.15, -0.1) is 0 Å². The van der Waals surface area contributed by atoms with Gasteiger partial charge in [-0.2, -0.15) is 0 Å². The molecule has 0 saturated heterocycles. The van der Waals surface area contributed by atoms with Crippen LogP contribution >= 0.6 is 0 Å². The van der Waals surface area contributed by atoms with E-state index < -0.39 is 0 Å². The Morgan fingerprint density at radius 3 is 2.10 bits per heavy atom. The normalized spacial score (nSPS) is 53.4. The van der Waals surface area contributed by atoms with Gasteiger partial charge in [0.2, 0.25) is 0 Å². The lowest BCUT2D eigenvalue weighted by Crippen LogP contribution is -2.39. The van der Waals surface area contributed by atoms with E-state index in [0.717, 1.165) is 18.3 Å². The van der Waals surface area contributed by atoms with Gasteiger partial charge in [0.15, 0.2) is 0 Å². The van der Waals surface area contributed by atoms with Gasteiger partial charge in [-0.3, -0.25) is 0 Å². The zero-order valence-electron chi connectivity index (χ0n) is 6.59. The number of fused-ring (bicyclic) bond motifs is 3. The van der Waals surface area contributed by atoms with Gasteiger partial charge in [0.1, 0.15) is 0 Å². The summed E-state index contributed by atoms with van der Waals surface area (Å²) < 4.78 is 0. The first-order chi connectivity index (χ1) is 4.77. The molecule has 2 bridgehead atoms. The van der Waals surface area contributed by atoms with E-state index in [0.29, 0.717) is 5.92 Å². The number of aliphatic hydroxyl groups excluding tert-OH is 1. The average molecular weight is 140 g/mol. The second-order valence-electron chi connectivity index (χ2n) is 4.11. The Balaban J connectivity index is 2.09. The SMILES string of the molecule is CC1CC2CCC1CC2O. The molecule has 3 aliphatic rings. The first-order valence-corrected chi connectivity index (χ1v) is 4.45. The third-order valence-corrected chi connectivity index (χ3v) is 3.48. The summed E-state index contributed by atoms with van der Waals surface area (Å²) in [7, 11) is 0. The van der Waals surface area contributed by atoms with Gasteiger partial charge in [0.25, 0.3) is 0 Å². The van der Waals surface area contributed by atoms with Gasteiger partial charge in [0.05, 0.1) is 6.10 Å². The molecule has 0 aliphatic heterocycles. The number of rotatable bonds is 0. The smallest absolute Gasteiger partial charge is 0.0571 e. The standard InChI is InChI=1S/C9H16O/c1-6-4-8-3-2-7(6)5-9(8)10/h6-10H,2-5H2,1H3. The van der Waals surface area contributed by atoms with E-state index in [2.05, 4.69) is 6.92 Å². The molecule has 0 aromatic heterocycles. The van der Waals surface area contributed by atoms with Crippen molar-refractivity contribution in [1.29, 1.82) is 0 Å². The van der Waals surface area contributed by atoms with Gasteiger partial charge in [-0.1, -0.05) is 6.92 Å². The molecule has 3 aliphatic carbocycles. The fourth-order valence-corrected chi connectivity index (χ4v) is 2.70. The van der Waals surface area contributed by atoms with E-state index in [-0.39, 0.29) is 6.10 Å².